The van der Waals surface area contributed by atoms with Crippen molar-refractivity contribution < 1.29 is 39.3 Å². The fourth-order valence-corrected chi connectivity index (χ4v) is 2.50. The van der Waals surface area contributed by atoms with Crippen LogP contribution in [-0.2, 0) is 24.0 Å². The van der Waals surface area contributed by atoms with E-state index in [0.717, 1.165) is 0 Å². The molecule has 0 rings (SSSR count). The molecule has 8 N–H and O–H groups in total. The first-order valence-electron chi connectivity index (χ1n) is 9.25. The number of aliphatic carboxylic acids is 2. The third kappa shape index (κ3) is 8.97. The molecule has 0 spiro atoms. The number of hydrogen-bond acceptors (Lipinski definition) is 8. The Morgan fingerprint density at radius 1 is 0.933 bits per heavy atom. The zero-order chi connectivity index (χ0) is 23.6. The maximum Gasteiger partial charge on any atom is 0.328 e. The molecule has 30 heavy (non-hydrogen) atoms. The van der Waals surface area contributed by atoms with Crippen LogP contribution in [-0.4, -0.2) is 81.0 Å². The second-order valence-electron chi connectivity index (χ2n) is 6.88. The zero-order valence-corrected chi connectivity index (χ0v) is 17.9. The molecule has 0 radical (unpaired) electrons. The van der Waals surface area contributed by atoms with Crippen molar-refractivity contribution in [3.8, 4) is 0 Å². The van der Waals surface area contributed by atoms with Crippen LogP contribution in [0.2, 0.25) is 0 Å². The van der Waals surface area contributed by atoms with Crippen molar-refractivity contribution in [1.82, 2.24) is 16.0 Å². The second kappa shape index (κ2) is 13.0. The van der Waals surface area contributed by atoms with Gasteiger partial charge in [0.15, 0.2) is 6.04 Å². The molecule has 0 heterocycles. The highest BCUT2D eigenvalue weighted by molar-refractivity contribution is 7.80. The minimum Gasteiger partial charge on any atom is -0.481 e. The Balaban J connectivity index is 5.54. The summed E-state index contributed by atoms with van der Waals surface area (Å²) in [4.78, 5) is 59.5. The number of carbonyl (C=O) groups is 5. The first kappa shape index (κ1) is 27.6. The van der Waals surface area contributed by atoms with Crippen molar-refractivity contribution in [2.45, 2.75) is 63.9 Å². The number of carboxylic acids is 2. The molecule has 3 amide bonds. The van der Waals surface area contributed by atoms with Crippen LogP contribution < -0.4 is 21.7 Å². The van der Waals surface area contributed by atoms with Gasteiger partial charge in [0.2, 0.25) is 17.7 Å². The Hall–Kier alpha value is -2.38. The topological polar surface area (TPSA) is 208 Å². The van der Waals surface area contributed by atoms with Crippen LogP contribution in [0, 0.1) is 5.92 Å². The summed E-state index contributed by atoms with van der Waals surface area (Å²) in [6.45, 7) is 4.52. The van der Waals surface area contributed by atoms with E-state index in [-0.39, 0.29) is 5.75 Å². The number of nitrogens with one attached hydrogen (secondary N) is 3. The molecule has 0 aromatic rings. The summed E-state index contributed by atoms with van der Waals surface area (Å²) < 4.78 is 0. The number of thiol groups is 1. The van der Waals surface area contributed by atoms with E-state index in [1.54, 1.807) is 13.8 Å². The summed E-state index contributed by atoms with van der Waals surface area (Å²) in [5.41, 5.74) is 5.52. The molecule has 6 unspecified atom stereocenters. The summed E-state index contributed by atoms with van der Waals surface area (Å²) in [7, 11) is 0. The summed E-state index contributed by atoms with van der Waals surface area (Å²) in [6.07, 6.45) is -1.76. The third-order valence-corrected chi connectivity index (χ3v) is 4.78. The molecule has 0 aliphatic carbocycles. The first-order valence-corrected chi connectivity index (χ1v) is 9.89. The van der Waals surface area contributed by atoms with Gasteiger partial charge in [-0.2, -0.15) is 12.6 Å². The minimum atomic E-state index is -1.61. The molecule has 0 aliphatic heterocycles. The molecule has 12 nitrogen and oxygen atoms in total. The van der Waals surface area contributed by atoms with E-state index < -0.39 is 72.3 Å². The number of aliphatic hydroxyl groups is 1. The van der Waals surface area contributed by atoms with Crippen molar-refractivity contribution in [3.05, 3.63) is 0 Å². The number of amides is 3. The molecule has 0 bridgehead atoms. The van der Waals surface area contributed by atoms with Crippen LogP contribution in [0.1, 0.15) is 33.6 Å². The smallest absolute Gasteiger partial charge is 0.328 e. The highest BCUT2D eigenvalue weighted by Crippen LogP contribution is 2.10. The Bertz CT molecular complexity index is 645. The average Bonchev–Trinajstić information content (AvgIpc) is 2.66. The molecule has 13 heteroatoms. The van der Waals surface area contributed by atoms with E-state index in [0.29, 0.717) is 6.42 Å². The lowest BCUT2D eigenvalue weighted by atomic mass is 9.97. The van der Waals surface area contributed by atoms with Gasteiger partial charge in [-0.25, -0.2) is 4.79 Å². The fraction of sp³-hybridized carbons (Fsp3) is 0.706. The molecule has 0 saturated heterocycles. The van der Waals surface area contributed by atoms with Crippen LogP contribution in [0.25, 0.3) is 0 Å². The van der Waals surface area contributed by atoms with Gasteiger partial charge in [0, 0.05) is 5.75 Å². The van der Waals surface area contributed by atoms with Gasteiger partial charge in [-0.05, 0) is 12.8 Å². The number of aliphatic hydroxyl groups excluding tert-OH is 1. The van der Waals surface area contributed by atoms with Gasteiger partial charge in [-0.15, -0.1) is 0 Å². The summed E-state index contributed by atoms with van der Waals surface area (Å²) in [6, 6.07) is -5.44. The maximum absolute atomic E-state index is 12.6. The van der Waals surface area contributed by atoms with E-state index in [4.69, 9.17) is 15.9 Å². The van der Waals surface area contributed by atoms with Crippen molar-refractivity contribution in [3.63, 3.8) is 0 Å². The molecular weight excluding hydrogens is 420 g/mol. The SMILES string of the molecule is CCC(C)C(NC(=O)C(CC(=O)O)NC(=O)C(N)CS)C(=O)NC(C(=O)O)C(C)O. The predicted octanol–water partition coefficient (Wildman–Crippen LogP) is -2.32. The average molecular weight is 451 g/mol. The summed E-state index contributed by atoms with van der Waals surface area (Å²) >= 11 is 3.86. The highest BCUT2D eigenvalue weighted by atomic mass is 32.1. The number of rotatable bonds is 13. The predicted molar refractivity (Wildman–Crippen MR) is 109 cm³/mol. The number of nitrogens with two attached hydrogens (primary N) is 1. The van der Waals surface area contributed by atoms with E-state index >= 15 is 0 Å². The third-order valence-electron chi connectivity index (χ3n) is 4.38. The van der Waals surface area contributed by atoms with Gasteiger partial charge >= 0.3 is 11.9 Å². The minimum absolute atomic E-state index is 0.0406. The van der Waals surface area contributed by atoms with Crippen LogP contribution in [0.15, 0.2) is 0 Å². The van der Waals surface area contributed by atoms with Gasteiger partial charge in [0.1, 0.15) is 12.1 Å². The van der Waals surface area contributed by atoms with Gasteiger partial charge in [0.25, 0.3) is 0 Å². The van der Waals surface area contributed by atoms with Gasteiger partial charge in [-0.1, -0.05) is 20.3 Å². The van der Waals surface area contributed by atoms with E-state index in [2.05, 4.69) is 28.6 Å². The molecule has 0 aromatic carbocycles. The Morgan fingerprint density at radius 3 is 1.87 bits per heavy atom. The maximum atomic E-state index is 12.6. The van der Waals surface area contributed by atoms with Crippen LogP contribution in [0.5, 0.6) is 0 Å². The monoisotopic (exact) mass is 450 g/mol. The second-order valence-corrected chi connectivity index (χ2v) is 7.25. The summed E-state index contributed by atoms with van der Waals surface area (Å²) in [5.74, 6) is -5.99. The van der Waals surface area contributed by atoms with E-state index in [1.807, 2.05) is 0 Å². The standard InChI is InChI=1S/C17H30N4O8S/c1-4-7(2)12(16(27)21-13(8(3)22)17(28)29)20-15(26)10(5-11(23)24)19-14(25)9(18)6-30/h7-10,12-13,22,30H,4-6,18H2,1-3H3,(H,19,25)(H,20,26)(H,21,27)(H,23,24)(H,28,29). The van der Waals surface area contributed by atoms with Crippen LogP contribution in [0.4, 0.5) is 0 Å². The van der Waals surface area contributed by atoms with E-state index in [9.17, 15) is 29.1 Å². The van der Waals surface area contributed by atoms with Gasteiger partial charge in [-0.3, -0.25) is 19.2 Å². The molecular formula is C17H30N4O8S. The van der Waals surface area contributed by atoms with Crippen molar-refractivity contribution in [2.24, 2.45) is 11.7 Å². The molecule has 6 atom stereocenters. The van der Waals surface area contributed by atoms with Crippen molar-refractivity contribution >= 4 is 42.3 Å². The molecule has 0 aliphatic rings. The molecule has 0 fully saturated rings. The highest BCUT2D eigenvalue weighted by Gasteiger charge is 2.34. The fourth-order valence-electron chi connectivity index (χ4n) is 2.33. The molecule has 172 valence electrons. The normalized spacial score (nSPS) is 16.9. The number of carboxylic acid groups (broad SMARTS) is 2. The van der Waals surface area contributed by atoms with E-state index in [1.165, 1.54) is 6.92 Å². The van der Waals surface area contributed by atoms with Crippen molar-refractivity contribution in [2.75, 3.05) is 5.75 Å². The number of carbonyl (C=O) groups excluding carboxylic acids is 3. The lowest BCUT2D eigenvalue weighted by Gasteiger charge is -2.28. The first-order chi connectivity index (χ1) is 13.8. The largest absolute Gasteiger partial charge is 0.481 e. The van der Waals surface area contributed by atoms with Crippen molar-refractivity contribution in [1.29, 1.82) is 0 Å². The van der Waals surface area contributed by atoms with Crippen LogP contribution >= 0.6 is 12.6 Å². The lowest BCUT2D eigenvalue weighted by Crippen LogP contribution is -2.60. The van der Waals surface area contributed by atoms with Crippen LogP contribution in [0.3, 0.4) is 0 Å². The summed E-state index contributed by atoms with van der Waals surface area (Å²) in [5, 5.41) is 34.4. The molecule has 0 saturated carbocycles. The van der Waals surface area contributed by atoms with Gasteiger partial charge < -0.3 is 37.0 Å². The quantitative estimate of drug-likeness (QED) is 0.141. The molecule has 0 aromatic heterocycles. The zero-order valence-electron chi connectivity index (χ0n) is 17.0. The van der Waals surface area contributed by atoms with Gasteiger partial charge in [0.05, 0.1) is 18.6 Å². The number of hydrogen-bond donors (Lipinski definition) is 8. The Kier molecular flexibility index (Phi) is 12.0. The Morgan fingerprint density at radius 2 is 1.47 bits per heavy atom. The Labute approximate surface area is 179 Å². The lowest BCUT2D eigenvalue weighted by molar-refractivity contribution is -0.146.